The maximum atomic E-state index is 12.9. The van der Waals surface area contributed by atoms with Gasteiger partial charge in [0.05, 0.1) is 29.6 Å². The van der Waals surface area contributed by atoms with Crippen molar-refractivity contribution in [2.75, 3.05) is 6.61 Å². The second kappa shape index (κ2) is 6.13. The van der Waals surface area contributed by atoms with Crippen LogP contribution in [0.5, 0.6) is 11.5 Å². The minimum absolute atomic E-state index is 0.0572. The lowest BCUT2D eigenvalue weighted by Gasteiger charge is -2.37. The summed E-state index contributed by atoms with van der Waals surface area (Å²) in [6.07, 6.45) is 6.46. The smallest absolute Gasteiger partial charge is 0.315 e. The Labute approximate surface area is 165 Å². The van der Waals surface area contributed by atoms with E-state index in [0.717, 1.165) is 17.5 Å². The van der Waals surface area contributed by atoms with Crippen LogP contribution in [-0.2, 0) is 9.59 Å². The number of allylic oxidation sites excluding steroid dienone is 2. The van der Waals surface area contributed by atoms with Gasteiger partial charge in [0.15, 0.2) is 5.75 Å². The first-order chi connectivity index (χ1) is 13.9. The van der Waals surface area contributed by atoms with Gasteiger partial charge in [-0.15, -0.1) is 0 Å². The van der Waals surface area contributed by atoms with Crippen molar-refractivity contribution in [3.05, 3.63) is 40.0 Å². The molecule has 1 aromatic rings. The van der Waals surface area contributed by atoms with Crippen LogP contribution in [0.2, 0.25) is 0 Å². The fraction of sp³-hybridized carbons (Fsp3) is 0.450. The van der Waals surface area contributed by atoms with E-state index in [-0.39, 0.29) is 53.4 Å². The van der Waals surface area contributed by atoms with Crippen molar-refractivity contribution in [2.45, 2.75) is 13.3 Å². The van der Waals surface area contributed by atoms with Crippen molar-refractivity contribution in [1.82, 2.24) is 5.01 Å². The second-order valence-electron chi connectivity index (χ2n) is 7.96. The maximum Gasteiger partial charge on any atom is 0.315 e. The highest BCUT2D eigenvalue weighted by Crippen LogP contribution is 2.65. The Balaban J connectivity index is 1.45. The van der Waals surface area contributed by atoms with Crippen LogP contribution in [0.3, 0.4) is 0 Å². The van der Waals surface area contributed by atoms with Crippen LogP contribution in [0.4, 0.5) is 5.69 Å². The average Bonchev–Trinajstić information content (AvgIpc) is 3.47. The Morgan fingerprint density at radius 1 is 1.24 bits per heavy atom. The van der Waals surface area contributed by atoms with Gasteiger partial charge in [-0.1, -0.05) is 12.2 Å². The van der Waals surface area contributed by atoms with Crippen molar-refractivity contribution >= 4 is 23.7 Å². The average molecular weight is 397 g/mol. The van der Waals surface area contributed by atoms with E-state index in [1.807, 2.05) is 0 Å². The van der Waals surface area contributed by atoms with Crippen LogP contribution in [-0.4, -0.2) is 39.7 Å². The second-order valence-corrected chi connectivity index (χ2v) is 7.96. The van der Waals surface area contributed by atoms with E-state index in [0.29, 0.717) is 11.8 Å². The zero-order valence-corrected chi connectivity index (χ0v) is 15.6. The molecule has 1 N–H and O–H groups in total. The summed E-state index contributed by atoms with van der Waals surface area (Å²) in [5.74, 6) is -0.747. The molecule has 4 aliphatic carbocycles. The monoisotopic (exact) mass is 397 g/mol. The molecule has 2 amide bonds. The van der Waals surface area contributed by atoms with Gasteiger partial charge in [0, 0.05) is 11.6 Å². The number of ether oxygens (including phenoxy) is 1. The quantitative estimate of drug-likeness (QED) is 0.267. The van der Waals surface area contributed by atoms with Gasteiger partial charge in [-0.05, 0) is 43.1 Å². The summed E-state index contributed by atoms with van der Waals surface area (Å²) >= 11 is 0. The zero-order valence-electron chi connectivity index (χ0n) is 15.6. The highest BCUT2D eigenvalue weighted by molar-refractivity contribution is 6.06. The first-order valence-corrected chi connectivity index (χ1v) is 9.66. The molecule has 1 heterocycles. The minimum atomic E-state index is -0.731. The normalized spacial score (nSPS) is 33.9. The molecule has 2 bridgehead atoms. The number of phenols is 1. The highest BCUT2D eigenvalue weighted by Gasteiger charge is 2.67. The standard InChI is InChI=1S/C20H19N3O6/c1-2-29-15-6-9(5-14(18(15)24)23(27)28)8-21-22-19(25)16-10-3-4-11(13-7-12(10)13)17(16)20(22)26/h3-6,8,10-13,16-17,24H,2,7H2,1H3/b21-8-/t10-,11-,12-,13+,16-,17+/m0/s1. The van der Waals surface area contributed by atoms with Crippen LogP contribution in [0.1, 0.15) is 18.9 Å². The maximum absolute atomic E-state index is 12.9. The van der Waals surface area contributed by atoms with Gasteiger partial charge in [0.2, 0.25) is 5.75 Å². The predicted molar refractivity (Wildman–Crippen MR) is 100 cm³/mol. The van der Waals surface area contributed by atoms with Gasteiger partial charge >= 0.3 is 5.69 Å². The third kappa shape index (κ3) is 2.49. The van der Waals surface area contributed by atoms with Gasteiger partial charge in [0.1, 0.15) is 0 Å². The number of nitrogens with zero attached hydrogens (tertiary/aromatic N) is 3. The van der Waals surface area contributed by atoms with Crippen LogP contribution in [0.15, 0.2) is 29.4 Å². The molecule has 5 aliphatic rings. The Morgan fingerprint density at radius 3 is 2.41 bits per heavy atom. The number of nitro groups is 1. The molecule has 0 spiro atoms. The molecule has 150 valence electrons. The molecule has 29 heavy (non-hydrogen) atoms. The minimum Gasteiger partial charge on any atom is -0.500 e. The molecular formula is C20H19N3O6. The van der Waals surface area contributed by atoms with E-state index < -0.39 is 16.4 Å². The largest absolute Gasteiger partial charge is 0.500 e. The van der Waals surface area contributed by atoms with Crippen LogP contribution in [0, 0.1) is 45.6 Å². The molecule has 2 saturated carbocycles. The Hall–Kier alpha value is -3.23. The van der Waals surface area contributed by atoms with E-state index in [4.69, 9.17) is 4.74 Å². The van der Waals surface area contributed by atoms with Crippen molar-refractivity contribution in [3.63, 3.8) is 0 Å². The molecule has 0 aromatic heterocycles. The van der Waals surface area contributed by atoms with Gasteiger partial charge in [-0.3, -0.25) is 19.7 Å². The third-order valence-corrected chi connectivity index (χ3v) is 6.54. The topological polar surface area (TPSA) is 122 Å². The van der Waals surface area contributed by atoms with E-state index in [2.05, 4.69) is 17.3 Å². The molecule has 6 atom stereocenters. The van der Waals surface area contributed by atoms with Gasteiger partial charge in [0.25, 0.3) is 11.8 Å². The van der Waals surface area contributed by atoms with Crippen molar-refractivity contribution < 1.29 is 24.4 Å². The number of hydrogen-bond acceptors (Lipinski definition) is 7. The number of aromatic hydroxyl groups is 1. The number of hydrazone groups is 1. The first-order valence-electron chi connectivity index (χ1n) is 9.66. The van der Waals surface area contributed by atoms with Gasteiger partial charge in [-0.2, -0.15) is 10.1 Å². The molecule has 6 rings (SSSR count). The molecule has 0 unspecified atom stereocenters. The predicted octanol–water partition coefficient (Wildman–Crippen LogP) is 2.09. The summed E-state index contributed by atoms with van der Waals surface area (Å²) in [6, 6.07) is 2.51. The SMILES string of the molecule is CCOc1cc(/C=N\N2C(=O)[C@@H]3[C@H]4C=C[C@@H]([C@@H]5C[C@H]45)[C@@H]3C2=O)cc([N+](=O)[O-])c1O. The third-order valence-electron chi connectivity index (χ3n) is 6.54. The molecule has 3 fully saturated rings. The fourth-order valence-electron chi connectivity index (χ4n) is 5.27. The zero-order chi connectivity index (χ0) is 20.4. The number of phenolic OH excluding ortho intramolecular Hbond substituents is 1. The lowest BCUT2D eigenvalue weighted by Crippen LogP contribution is -2.40. The number of benzene rings is 1. The Kier molecular flexibility index (Phi) is 3.77. The number of nitro benzene ring substituents is 1. The lowest BCUT2D eigenvalue weighted by molar-refractivity contribution is -0.386. The molecule has 1 saturated heterocycles. The van der Waals surface area contributed by atoms with Crippen LogP contribution >= 0.6 is 0 Å². The molecule has 1 aliphatic heterocycles. The summed E-state index contributed by atoms with van der Waals surface area (Å²) in [5.41, 5.74) is -0.287. The molecule has 0 radical (unpaired) electrons. The molecule has 1 aromatic carbocycles. The van der Waals surface area contributed by atoms with E-state index >= 15 is 0 Å². The number of carbonyl (C=O) groups excluding carboxylic acids is 2. The highest BCUT2D eigenvalue weighted by atomic mass is 16.6. The van der Waals surface area contributed by atoms with Crippen molar-refractivity contribution in [1.29, 1.82) is 0 Å². The summed E-state index contributed by atoms with van der Waals surface area (Å²) in [7, 11) is 0. The van der Waals surface area contributed by atoms with Crippen molar-refractivity contribution in [3.8, 4) is 11.5 Å². The number of imide groups is 1. The van der Waals surface area contributed by atoms with E-state index in [1.165, 1.54) is 12.3 Å². The van der Waals surface area contributed by atoms with Crippen LogP contribution < -0.4 is 4.74 Å². The molecule has 9 heteroatoms. The summed E-state index contributed by atoms with van der Waals surface area (Å²) in [6.45, 7) is 1.89. The first kappa shape index (κ1) is 17.8. The van der Waals surface area contributed by atoms with Crippen molar-refractivity contribution in [2.24, 2.45) is 40.6 Å². The van der Waals surface area contributed by atoms with Gasteiger partial charge in [-0.25, -0.2) is 0 Å². The summed E-state index contributed by atoms with van der Waals surface area (Å²) < 4.78 is 5.24. The number of carbonyl (C=O) groups is 2. The molecular weight excluding hydrogens is 378 g/mol. The Bertz CT molecular complexity index is 966. The fourth-order valence-corrected chi connectivity index (χ4v) is 5.27. The number of rotatable bonds is 5. The van der Waals surface area contributed by atoms with E-state index in [1.54, 1.807) is 6.92 Å². The summed E-state index contributed by atoms with van der Waals surface area (Å²) in [4.78, 5) is 36.3. The van der Waals surface area contributed by atoms with E-state index in [9.17, 15) is 24.8 Å². The number of amides is 2. The lowest BCUT2D eigenvalue weighted by atomic mass is 9.63. The summed E-state index contributed by atoms with van der Waals surface area (Å²) in [5, 5.41) is 26.2. The number of hydrogen-bond donors (Lipinski definition) is 1. The van der Waals surface area contributed by atoms with Gasteiger partial charge < -0.3 is 9.84 Å². The van der Waals surface area contributed by atoms with Crippen LogP contribution in [0.25, 0.3) is 0 Å². The Morgan fingerprint density at radius 2 is 1.86 bits per heavy atom. The molecule has 9 nitrogen and oxygen atoms in total.